The van der Waals surface area contributed by atoms with Gasteiger partial charge in [-0.2, -0.15) is 36.3 Å². The van der Waals surface area contributed by atoms with Crippen molar-refractivity contribution in [2.24, 2.45) is 0 Å². The lowest BCUT2D eigenvalue weighted by molar-refractivity contribution is -0.138. The van der Waals surface area contributed by atoms with Crippen LogP contribution in [0.25, 0.3) is 57.6 Å². The molecule has 0 aliphatic carbocycles. The van der Waals surface area contributed by atoms with Crippen molar-refractivity contribution in [1.82, 2.24) is 19.9 Å². The SMILES string of the molecule is FC(F)(F)c1ccc(-c2cnc(-c3nc4oc(-c5ncc(-c6ccc(C(F)(F)F)cc6)o5)nc4o3)o2)cc1. The third-order valence-electron chi connectivity index (χ3n) is 5.35. The molecule has 6 rings (SSSR count). The largest absolute Gasteiger partial charge is 0.432 e. The zero-order valence-corrected chi connectivity index (χ0v) is 18.5. The van der Waals surface area contributed by atoms with Crippen molar-refractivity contribution in [1.29, 1.82) is 0 Å². The Kier molecular flexibility index (Phi) is 5.15. The molecule has 0 unspecified atom stereocenters. The fourth-order valence-electron chi connectivity index (χ4n) is 3.48. The highest BCUT2D eigenvalue weighted by Crippen LogP contribution is 2.35. The highest BCUT2D eigenvalue weighted by molar-refractivity contribution is 5.69. The van der Waals surface area contributed by atoms with Crippen LogP contribution in [0.4, 0.5) is 26.3 Å². The predicted octanol–water partition coefficient (Wildman–Crippen LogP) is 7.50. The molecule has 0 aliphatic heterocycles. The number of rotatable bonds is 4. The van der Waals surface area contributed by atoms with Crippen LogP contribution in [0.5, 0.6) is 0 Å². The number of oxazole rings is 4. The van der Waals surface area contributed by atoms with Crippen molar-refractivity contribution in [2.45, 2.75) is 12.4 Å². The van der Waals surface area contributed by atoms with E-state index >= 15 is 0 Å². The second-order valence-corrected chi connectivity index (χ2v) is 7.86. The summed E-state index contributed by atoms with van der Waals surface area (Å²) in [5.41, 5.74) is -0.959. The molecule has 0 saturated heterocycles. The van der Waals surface area contributed by atoms with E-state index < -0.39 is 23.5 Å². The molecule has 192 valence electrons. The molecule has 4 heterocycles. The molecule has 0 saturated carbocycles. The molecule has 2 aromatic carbocycles. The smallest absolute Gasteiger partial charge is 0.416 e. The van der Waals surface area contributed by atoms with Gasteiger partial charge in [0.1, 0.15) is 0 Å². The Balaban J connectivity index is 1.21. The third kappa shape index (κ3) is 4.29. The molecule has 0 amide bonds. The number of hydrogen-bond acceptors (Lipinski definition) is 8. The summed E-state index contributed by atoms with van der Waals surface area (Å²) in [6.45, 7) is 0. The van der Waals surface area contributed by atoms with Gasteiger partial charge in [0.15, 0.2) is 11.5 Å². The number of fused-ring (bicyclic) bond motifs is 1. The van der Waals surface area contributed by atoms with E-state index in [0.29, 0.717) is 11.1 Å². The lowest BCUT2D eigenvalue weighted by Crippen LogP contribution is -2.03. The predicted molar refractivity (Wildman–Crippen MR) is 116 cm³/mol. The maximum absolute atomic E-state index is 12.8. The van der Waals surface area contributed by atoms with Crippen LogP contribution >= 0.6 is 0 Å². The summed E-state index contributed by atoms with van der Waals surface area (Å²) in [5, 5.41) is 0. The van der Waals surface area contributed by atoms with Crippen LogP contribution in [0, 0.1) is 0 Å². The molecule has 6 aromatic rings. The van der Waals surface area contributed by atoms with Crippen LogP contribution in [-0.2, 0) is 12.4 Å². The molecule has 14 heteroatoms. The Morgan fingerprint density at radius 1 is 0.474 bits per heavy atom. The van der Waals surface area contributed by atoms with Crippen LogP contribution in [0.3, 0.4) is 0 Å². The van der Waals surface area contributed by atoms with E-state index in [4.69, 9.17) is 17.7 Å². The maximum Gasteiger partial charge on any atom is 0.416 e. The molecular weight excluding hydrogens is 522 g/mol. The molecule has 38 heavy (non-hydrogen) atoms. The highest BCUT2D eigenvalue weighted by Gasteiger charge is 2.31. The minimum absolute atomic E-state index is 0.0430. The minimum Gasteiger partial charge on any atom is -0.432 e. The molecule has 0 bridgehead atoms. The number of hydrogen-bond donors (Lipinski definition) is 0. The standard InChI is InChI=1S/C24H10F6N4O4/c25-23(26,27)13-5-1-11(2-6-13)15-9-31-17(35-15)19-33-21-22(37-19)34-20(38-21)18-32-10-16(36-18)12-3-7-14(8-4-12)24(28,29)30/h1-10H. The molecule has 0 fully saturated rings. The Labute approximate surface area is 206 Å². The van der Waals surface area contributed by atoms with Gasteiger partial charge in [0, 0.05) is 11.1 Å². The Morgan fingerprint density at radius 2 is 0.842 bits per heavy atom. The van der Waals surface area contributed by atoms with Crippen LogP contribution in [-0.4, -0.2) is 19.9 Å². The Hall–Kier alpha value is -4.88. The number of alkyl halides is 6. The van der Waals surface area contributed by atoms with E-state index in [1.165, 1.54) is 36.7 Å². The second-order valence-electron chi connectivity index (χ2n) is 7.86. The van der Waals surface area contributed by atoms with Gasteiger partial charge in [-0.15, -0.1) is 0 Å². The molecule has 0 atom stereocenters. The van der Waals surface area contributed by atoms with Crippen LogP contribution in [0.2, 0.25) is 0 Å². The average molecular weight is 532 g/mol. The van der Waals surface area contributed by atoms with Gasteiger partial charge in [-0.3, -0.25) is 0 Å². The summed E-state index contributed by atoms with van der Waals surface area (Å²) in [6, 6.07) is 8.68. The quantitative estimate of drug-likeness (QED) is 0.215. The average Bonchev–Trinajstić information content (AvgIpc) is 3.66. The van der Waals surface area contributed by atoms with E-state index in [1.54, 1.807) is 0 Å². The van der Waals surface area contributed by atoms with Gasteiger partial charge < -0.3 is 17.7 Å². The van der Waals surface area contributed by atoms with Gasteiger partial charge in [-0.25, -0.2) is 9.97 Å². The lowest BCUT2D eigenvalue weighted by Gasteiger charge is -2.06. The van der Waals surface area contributed by atoms with Crippen molar-refractivity contribution in [3.63, 3.8) is 0 Å². The number of aromatic nitrogens is 4. The van der Waals surface area contributed by atoms with Gasteiger partial charge in [-0.05, 0) is 24.3 Å². The van der Waals surface area contributed by atoms with E-state index in [1.807, 2.05) is 0 Å². The number of halogens is 6. The van der Waals surface area contributed by atoms with Crippen molar-refractivity contribution in [3.05, 3.63) is 72.1 Å². The first-order chi connectivity index (χ1) is 18.0. The molecular formula is C24H10F6N4O4. The van der Waals surface area contributed by atoms with Crippen molar-refractivity contribution in [3.8, 4) is 46.2 Å². The molecule has 0 aliphatic rings. The van der Waals surface area contributed by atoms with E-state index in [-0.39, 0.29) is 46.5 Å². The summed E-state index contributed by atoms with van der Waals surface area (Å²) in [4.78, 5) is 16.3. The number of nitrogens with zero attached hydrogens (tertiary/aromatic N) is 4. The minimum atomic E-state index is -4.46. The first kappa shape index (κ1) is 23.5. The fourth-order valence-corrected chi connectivity index (χ4v) is 3.48. The zero-order valence-electron chi connectivity index (χ0n) is 18.5. The summed E-state index contributed by atoms with van der Waals surface area (Å²) in [5.74, 6) is 0.0777. The molecule has 8 nitrogen and oxygen atoms in total. The second kappa shape index (κ2) is 8.33. The normalized spacial score (nSPS) is 12.5. The van der Waals surface area contributed by atoms with Crippen molar-refractivity contribution >= 4 is 11.4 Å². The first-order valence-corrected chi connectivity index (χ1v) is 10.6. The van der Waals surface area contributed by atoms with Crippen molar-refractivity contribution < 1.29 is 44.0 Å². The van der Waals surface area contributed by atoms with Crippen LogP contribution in [0.1, 0.15) is 11.1 Å². The van der Waals surface area contributed by atoms with E-state index in [0.717, 1.165) is 24.3 Å². The fraction of sp³-hybridized carbons (Fsp3) is 0.0833. The van der Waals surface area contributed by atoms with Gasteiger partial charge in [0.05, 0.1) is 23.5 Å². The molecule has 4 aromatic heterocycles. The summed E-state index contributed by atoms with van der Waals surface area (Å²) < 4.78 is 98.7. The monoisotopic (exact) mass is 532 g/mol. The third-order valence-corrected chi connectivity index (χ3v) is 5.35. The number of benzene rings is 2. The van der Waals surface area contributed by atoms with E-state index in [9.17, 15) is 26.3 Å². The van der Waals surface area contributed by atoms with Crippen molar-refractivity contribution in [2.75, 3.05) is 0 Å². The van der Waals surface area contributed by atoms with Gasteiger partial charge >= 0.3 is 12.4 Å². The zero-order chi connectivity index (χ0) is 26.7. The van der Waals surface area contributed by atoms with Crippen LogP contribution < -0.4 is 0 Å². The topological polar surface area (TPSA) is 104 Å². The summed E-state index contributed by atoms with van der Waals surface area (Å²) >= 11 is 0. The highest BCUT2D eigenvalue weighted by atomic mass is 19.4. The maximum atomic E-state index is 12.8. The summed E-state index contributed by atoms with van der Waals surface area (Å²) in [7, 11) is 0. The Bertz CT molecular complexity index is 1580. The Morgan fingerprint density at radius 3 is 1.18 bits per heavy atom. The lowest BCUT2D eigenvalue weighted by atomic mass is 10.1. The first-order valence-electron chi connectivity index (χ1n) is 10.6. The van der Waals surface area contributed by atoms with Crippen LogP contribution in [0.15, 0.2) is 78.6 Å². The molecule has 0 spiro atoms. The van der Waals surface area contributed by atoms with Gasteiger partial charge in [0.2, 0.25) is 0 Å². The van der Waals surface area contributed by atoms with Gasteiger partial charge in [-0.1, -0.05) is 24.3 Å². The molecule has 0 radical (unpaired) electrons. The molecule has 0 N–H and O–H groups in total. The van der Waals surface area contributed by atoms with E-state index in [2.05, 4.69) is 19.9 Å². The van der Waals surface area contributed by atoms with Gasteiger partial charge in [0.25, 0.3) is 35.0 Å². The summed E-state index contributed by atoms with van der Waals surface area (Å²) in [6.07, 6.45) is -6.31.